The van der Waals surface area contributed by atoms with E-state index in [2.05, 4.69) is 44.7 Å². The van der Waals surface area contributed by atoms with Gasteiger partial charge in [0.05, 0.1) is 34.0 Å². The van der Waals surface area contributed by atoms with Crippen molar-refractivity contribution in [3.8, 4) is 0 Å². The molecule has 3 aromatic rings. The molecule has 0 heterocycles. The van der Waals surface area contributed by atoms with Gasteiger partial charge >= 0.3 is 5.97 Å². The summed E-state index contributed by atoms with van der Waals surface area (Å²) in [5.41, 5.74) is 7.41. The van der Waals surface area contributed by atoms with Gasteiger partial charge in [-0.25, -0.2) is 10.2 Å². The lowest BCUT2D eigenvalue weighted by Crippen LogP contribution is -2.38. The zero-order valence-corrected chi connectivity index (χ0v) is 18.1. The van der Waals surface area contributed by atoms with E-state index in [1.165, 1.54) is 12.1 Å². The van der Waals surface area contributed by atoms with Crippen LogP contribution in [0.3, 0.4) is 0 Å². The first-order valence-electron chi connectivity index (χ1n) is 10.5. The maximum atomic E-state index is 10.9. The van der Waals surface area contributed by atoms with Gasteiger partial charge in [-0.15, -0.1) is 0 Å². The van der Waals surface area contributed by atoms with Crippen molar-refractivity contribution in [3.63, 3.8) is 0 Å². The van der Waals surface area contributed by atoms with Gasteiger partial charge in [-0.1, -0.05) is 6.92 Å². The molecule has 0 aromatic heterocycles. The SMILES string of the molecule is CCCNN(CC)c1ccc(N=Nc2ccc(N=Nc3ccc(C(=O)O)cc3)cc2)cc1. The molecule has 0 saturated carbocycles. The highest BCUT2D eigenvalue weighted by Gasteiger charge is 2.03. The molecule has 0 aliphatic carbocycles. The quantitative estimate of drug-likeness (QED) is 0.268. The molecule has 164 valence electrons. The van der Waals surface area contributed by atoms with Crippen LogP contribution in [-0.4, -0.2) is 24.2 Å². The maximum Gasteiger partial charge on any atom is 0.335 e. The zero-order chi connectivity index (χ0) is 22.8. The van der Waals surface area contributed by atoms with Crippen molar-refractivity contribution in [2.45, 2.75) is 20.3 Å². The summed E-state index contributed by atoms with van der Waals surface area (Å²) in [6.45, 7) is 6.05. The number of benzene rings is 3. The smallest absolute Gasteiger partial charge is 0.335 e. The highest BCUT2D eigenvalue weighted by Crippen LogP contribution is 2.24. The number of carbonyl (C=O) groups is 1. The molecular formula is C24H26N6O2. The summed E-state index contributed by atoms with van der Waals surface area (Å²) >= 11 is 0. The molecule has 0 radical (unpaired) electrons. The van der Waals surface area contributed by atoms with Crippen molar-refractivity contribution in [2.24, 2.45) is 20.5 Å². The second kappa shape index (κ2) is 11.5. The molecule has 3 rings (SSSR count). The van der Waals surface area contributed by atoms with E-state index in [1.54, 1.807) is 24.3 Å². The van der Waals surface area contributed by atoms with Crippen LogP contribution in [-0.2, 0) is 0 Å². The highest BCUT2D eigenvalue weighted by atomic mass is 16.4. The minimum Gasteiger partial charge on any atom is -0.478 e. The summed E-state index contributed by atoms with van der Waals surface area (Å²) in [6.07, 6.45) is 1.07. The van der Waals surface area contributed by atoms with Crippen molar-refractivity contribution >= 4 is 34.4 Å². The zero-order valence-electron chi connectivity index (χ0n) is 18.1. The van der Waals surface area contributed by atoms with E-state index < -0.39 is 5.97 Å². The Morgan fingerprint density at radius 1 is 0.750 bits per heavy atom. The van der Waals surface area contributed by atoms with Crippen LogP contribution >= 0.6 is 0 Å². The largest absolute Gasteiger partial charge is 0.478 e. The first-order valence-corrected chi connectivity index (χ1v) is 10.5. The van der Waals surface area contributed by atoms with E-state index in [0.29, 0.717) is 17.1 Å². The Balaban J connectivity index is 1.59. The molecule has 0 saturated heterocycles. The van der Waals surface area contributed by atoms with E-state index in [9.17, 15) is 4.79 Å². The summed E-state index contributed by atoms with van der Waals surface area (Å²) in [6, 6.07) is 21.3. The standard InChI is InChI=1S/C24H26N6O2/c1-3-17-25-30(4-2)23-15-13-22(14-16-23)29-28-21-11-9-20(10-12-21)27-26-19-7-5-18(6-8-19)24(31)32/h5-16,25H,3-4,17H2,1-2H3,(H,31,32). The molecule has 0 aliphatic rings. The Bertz CT molecular complexity index is 1060. The number of rotatable bonds is 10. The molecule has 0 amide bonds. The minimum absolute atomic E-state index is 0.212. The molecular weight excluding hydrogens is 404 g/mol. The normalized spacial score (nSPS) is 11.3. The topological polar surface area (TPSA) is 102 Å². The van der Waals surface area contributed by atoms with Crippen LogP contribution in [0, 0.1) is 0 Å². The number of carboxylic acid groups (broad SMARTS) is 1. The van der Waals surface area contributed by atoms with Crippen molar-refractivity contribution in [3.05, 3.63) is 78.4 Å². The lowest BCUT2D eigenvalue weighted by Gasteiger charge is -2.23. The number of hydrogen-bond acceptors (Lipinski definition) is 7. The van der Waals surface area contributed by atoms with E-state index in [0.717, 1.165) is 30.9 Å². The van der Waals surface area contributed by atoms with E-state index >= 15 is 0 Å². The van der Waals surface area contributed by atoms with Crippen LogP contribution in [0.15, 0.2) is 93.3 Å². The molecule has 0 unspecified atom stereocenters. The van der Waals surface area contributed by atoms with Crippen LogP contribution < -0.4 is 10.4 Å². The number of anilines is 1. The number of nitrogens with one attached hydrogen (secondary N) is 1. The van der Waals surface area contributed by atoms with Crippen molar-refractivity contribution < 1.29 is 9.90 Å². The molecule has 8 nitrogen and oxygen atoms in total. The Kier molecular flexibility index (Phi) is 8.16. The van der Waals surface area contributed by atoms with Gasteiger partial charge in [0.25, 0.3) is 0 Å². The molecule has 0 atom stereocenters. The van der Waals surface area contributed by atoms with Gasteiger partial charge in [0.1, 0.15) is 0 Å². The Morgan fingerprint density at radius 3 is 1.53 bits per heavy atom. The number of carboxylic acids is 1. The average Bonchev–Trinajstić information content (AvgIpc) is 2.83. The fourth-order valence-corrected chi connectivity index (χ4v) is 2.82. The number of hydrazine groups is 1. The van der Waals surface area contributed by atoms with Gasteiger partial charge in [0, 0.05) is 13.1 Å². The van der Waals surface area contributed by atoms with E-state index in [4.69, 9.17) is 5.11 Å². The molecule has 0 aliphatic heterocycles. The Morgan fingerprint density at radius 2 is 1.16 bits per heavy atom. The predicted molar refractivity (Wildman–Crippen MR) is 126 cm³/mol. The van der Waals surface area contributed by atoms with Crippen molar-refractivity contribution in [1.29, 1.82) is 0 Å². The van der Waals surface area contributed by atoms with Gasteiger partial charge in [-0.2, -0.15) is 20.5 Å². The molecule has 0 spiro atoms. The van der Waals surface area contributed by atoms with Gasteiger partial charge in [0.15, 0.2) is 0 Å². The molecule has 8 heteroatoms. The summed E-state index contributed by atoms with van der Waals surface area (Å²) in [5, 5.41) is 27.9. The molecule has 3 aromatic carbocycles. The fraction of sp³-hybridized carbons (Fsp3) is 0.208. The summed E-state index contributed by atoms with van der Waals surface area (Å²) in [7, 11) is 0. The van der Waals surface area contributed by atoms with Gasteiger partial charge in [-0.05, 0) is 86.1 Å². The van der Waals surface area contributed by atoms with Crippen molar-refractivity contribution in [1.82, 2.24) is 5.43 Å². The lowest BCUT2D eigenvalue weighted by molar-refractivity contribution is 0.0697. The third kappa shape index (κ3) is 6.55. The predicted octanol–water partition coefficient (Wildman–Crippen LogP) is 6.96. The average molecular weight is 431 g/mol. The minimum atomic E-state index is -0.971. The van der Waals surface area contributed by atoms with Gasteiger partial charge < -0.3 is 10.1 Å². The third-order valence-corrected chi connectivity index (χ3v) is 4.56. The van der Waals surface area contributed by atoms with Crippen molar-refractivity contribution in [2.75, 3.05) is 18.1 Å². The van der Waals surface area contributed by atoms with Crippen LogP contribution in [0.4, 0.5) is 28.4 Å². The van der Waals surface area contributed by atoms with Gasteiger partial charge in [0.2, 0.25) is 0 Å². The Labute approximate surface area is 187 Å². The Hall–Kier alpha value is -3.91. The molecule has 32 heavy (non-hydrogen) atoms. The second-order valence-corrected chi connectivity index (χ2v) is 6.94. The first kappa shape index (κ1) is 22.8. The summed E-state index contributed by atoms with van der Waals surface area (Å²) in [5.74, 6) is -0.971. The maximum absolute atomic E-state index is 10.9. The number of nitrogens with zero attached hydrogens (tertiary/aromatic N) is 5. The lowest BCUT2D eigenvalue weighted by atomic mass is 10.2. The first-order chi connectivity index (χ1) is 15.6. The fourth-order valence-electron chi connectivity index (χ4n) is 2.82. The third-order valence-electron chi connectivity index (χ3n) is 4.56. The number of hydrogen-bond donors (Lipinski definition) is 2. The molecule has 2 N–H and O–H groups in total. The van der Waals surface area contributed by atoms with E-state index in [1.807, 2.05) is 36.4 Å². The number of aromatic carboxylic acids is 1. The second-order valence-electron chi connectivity index (χ2n) is 6.94. The molecule has 0 bridgehead atoms. The molecule has 0 fully saturated rings. The summed E-state index contributed by atoms with van der Waals surface area (Å²) < 4.78 is 0. The summed E-state index contributed by atoms with van der Waals surface area (Å²) in [4.78, 5) is 10.9. The van der Waals surface area contributed by atoms with E-state index in [-0.39, 0.29) is 5.56 Å². The van der Waals surface area contributed by atoms with Crippen LogP contribution in [0.25, 0.3) is 0 Å². The van der Waals surface area contributed by atoms with Gasteiger partial charge in [-0.3, -0.25) is 0 Å². The van der Waals surface area contributed by atoms with Crippen LogP contribution in [0.5, 0.6) is 0 Å². The van der Waals surface area contributed by atoms with Crippen LogP contribution in [0.1, 0.15) is 30.6 Å². The van der Waals surface area contributed by atoms with Crippen LogP contribution in [0.2, 0.25) is 0 Å². The highest BCUT2D eigenvalue weighted by molar-refractivity contribution is 5.87. The number of azo groups is 2. The monoisotopic (exact) mass is 430 g/mol.